The molecule has 1 amide bonds. The molecule has 21 heavy (non-hydrogen) atoms. The van der Waals surface area contributed by atoms with Gasteiger partial charge in [-0.1, -0.05) is 23.7 Å². The van der Waals surface area contributed by atoms with Gasteiger partial charge in [-0.15, -0.1) is 0 Å². The third-order valence-electron chi connectivity index (χ3n) is 2.82. The van der Waals surface area contributed by atoms with E-state index in [4.69, 9.17) is 16.3 Å². The molecule has 0 aliphatic heterocycles. The topological polar surface area (TPSA) is 38.3 Å². The van der Waals surface area contributed by atoms with Crippen LogP contribution in [0.1, 0.15) is 17.3 Å². The molecule has 0 radical (unpaired) electrons. The van der Waals surface area contributed by atoms with Gasteiger partial charge < -0.3 is 10.1 Å². The van der Waals surface area contributed by atoms with Crippen LogP contribution in [0.4, 0.5) is 4.39 Å². The molecule has 2 aromatic carbocycles. The number of carbonyl (C=O) groups excluding carboxylic acids is 1. The second-order valence-corrected chi connectivity index (χ2v) is 5.01. The highest BCUT2D eigenvalue weighted by Crippen LogP contribution is 2.16. The lowest BCUT2D eigenvalue weighted by atomic mass is 10.2. The minimum atomic E-state index is -0.540. The zero-order valence-electron chi connectivity index (χ0n) is 11.5. The van der Waals surface area contributed by atoms with Gasteiger partial charge in [0.25, 0.3) is 5.91 Å². The van der Waals surface area contributed by atoms with Crippen molar-refractivity contribution in [3.63, 3.8) is 0 Å². The number of benzene rings is 2. The van der Waals surface area contributed by atoms with Crippen LogP contribution < -0.4 is 10.1 Å². The van der Waals surface area contributed by atoms with E-state index in [0.29, 0.717) is 10.8 Å². The summed E-state index contributed by atoms with van der Waals surface area (Å²) in [7, 11) is 0. The van der Waals surface area contributed by atoms with Crippen LogP contribution in [0, 0.1) is 5.82 Å². The van der Waals surface area contributed by atoms with E-state index >= 15 is 0 Å². The Bertz CT molecular complexity index is 616. The smallest absolute Gasteiger partial charge is 0.254 e. The maximum absolute atomic E-state index is 13.4. The first-order valence-electron chi connectivity index (χ1n) is 6.51. The van der Waals surface area contributed by atoms with Gasteiger partial charge in [-0.3, -0.25) is 4.79 Å². The molecule has 2 rings (SSSR count). The van der Waals surface area contributed by atoms with Crippen molar-refractivity contribution in [1.29, 1.82) is 0 Å². The molecule has 0 spiro atoms. The summed E-state index contributed by atoms with van der Waals surface area (Å²) in [6.07, 6.45) is -0.248. The Morgan fingerprint density at radius 1 is 1.24 bits per heavy atom. The summed E-state index contributed by atoms with van der Waals surface area (Å²) in [5.74, 6) is -0.340. The van der Waals surface area contributed by atoms with Gasteiger partial charge in [0.15, 0.2) is 0 Å². The number of hydrogen-bond donors (Lipinski definition) is 1. The van der Waals surface area contributed by atoms with Crippen LogP contribution in [0.15, 0.2) is 48.5 Å². The van der Waals surface area contributed by atoms with Gasteiger partial charge in [-0.2, -0.15) is 0 Å². The van der Waals surface area contributed by atoms with Gasteiger partial charge in [-0.25, -0.2) is 4.39 Å². The molecule has 0 aliphatic rings. The largest absolute Gasteiger partial charge is 0.489 e. The van der Waals surface area contributed by atoms with Crippen LogP contribution in [-0.4, -0.2) is 18.6 Å². The summed E-state index contributed by atoms with van der Waals surface area (Å²) in [5.41, 5.74) is 0.0243. The van der Waals surface area contributed by atoms with Crippen molar-refractivity contribution in [2.45, 2.75) is 13.0 Å². The SMILES string of the molecule is C[C@@H](CNC(=O)c1ccccc1F)Oc1ccc(Cl)cc1. The van der Waals surface area contributed by atoms with Crippen LogP contribution >= 0.6 is 11.6 Å². The molecule has 0 saturated carbocycles. The predicted octanol–water partition coefficient (Wildman–Crippen LogP) is 3.68. The molecular formula is C16H15ClFNO2. The fourth-order valence-corrected chi connectivity index (χ4v) is 1.89. The molecule has 110 valence electrons. The maximum atomic E-state index is 13.4. The van der Waals surface area contributed by atoms with Crippen LogP contribution in [-0.2, 0) is 0 Å². The van der Waals surface area contributed by atoms with E-state index in [1.807, 2.05) is 6.92 Å². The Morgan fingerprint density at radius 2 is 1.90 bits per heavy atom. The van der Waals surface area contributed by atoms with E-state index < -0.39 is 11.7 Å². The average Bonchev–Trinajstić information content (AvgIpc) is 2.48. The molecule has 0 fully saturated rings. The van der Waals surface area contributed by atoms with E-state index in [9.17, 15) is 9.18 Å². The molecule has 0 aliphatic carbocycles. The Hall–Kier alpha value is -2.07. The van der Waals surface area contributed by atoms with Crippen molar-refractivity contribution in [3.05, 3.63) is 64.9 Å². The minimum absolute atomic E-state index is 0.0243. The molecule has 1 N–H and O–H groups in total. The summed E-state index contributed by atoms with van der Waals surface area (Å²) < 4.78 is 19.1. The number of ether oxygens (including phenoxy) is 1. The van der Waals surface area contributed by atoms with E-state index in [-0.39, 0.29) is 18.2 Å². The number of rotatable bonds is 5. The van der Waals surface area contributed by atoms with Crippen LogP contribution in [0.3, 0.4) is 0 Å². The highest BCUT2D eigenvalue weighted by atomic mass is 35.5. The zero-order valence-corrected chi connectivity index (χ0v) is 12.2. The Labute approximate surface area is 127 Å². The first-order chi connectivity index (χ1) is 10.1. The zero-order chi connectivity index (χ0) is 15.2. The standard InChI is InChI=1S/C16H15ClFNO2/c1-11(21-13-8-6-12(17)7-9-13)10-19-16(20)14-4-2-3-5-15(14)18/h2-9,11H,10H2,1H3,(H,19,20)/t11-/m0/s1. The van der Waals surface area contributed by atoms with Gasteiger partial charge in [0.2, 0.25) is 0 Å². The van der Waals surface area contributed by atoms with E-state index in [0.717, 1.165) is 0 Å². The Morgan fingerprint density at radius 3 is 2.57 bits per heavy atom. The fraction of sp³-hybridized carbons (Fsp3) is 0.188. The summed E-state index contributed by atoms with van der Waals surface area (Å²) in [6, 6.07) is 12.8. The number of amides is 1. The highest BCUT2D eigenvalue weighted by molar-refractivity contribution is 6.30. The molecule has 0 heterocycles. The molecule has 2 aromatic rings. The third kappa shape index (κ3) is 4.46. The lowest BCUT2D eigenvalue weighted by Crippen LogP contribution is -2.34. The molecular weight excluding hydrogens is 293 g/mol. The van der Waals surface area contributed by atoms with Crippen LogP contribution in [0.2, 0.25) is 5.02 Å². The van der Waals surface area contributed by atoms with E-state index in [1.54, 1.807) is 36.4 Å². The van der Waals surface area contributed by atoms with Gasteiger partial charge in [0.1, 0.15) is 17.7 Å². The molecule has 1 atom stereocenters. The Kier molecular flexibility index (Phi) is 5.17. The van der Waals surface area contributed by atoms with Crippen molar-refractivity contribution in [2.24, 2.45) is 0 Å². The van der Waals surface area contributed by atoms with E-state index in [2.05, 4.69) is 5.32 Å². The van der Waals surface area contributed by atoms with E-state index in [1.165, 1.54) is 12.1 Å². The molecule has 3 nitrogen and oxygen atoms in total. The molecule has 0 aromatic heterocycles. The lowest BCUT2D eigenvalue weighted by molar-refractivity contribution is 0.0928. The van der Waals surface area contributed by atoms with Gasteiger partial charge in [-0.05, 0) is 43.3 Å². The lowest BCUT2D eigenvalue weighted by Gasteiger charge is -2.15. The van der Waals surface area contributed by atoms with Crippen molar-refractivity contribution in [2.75, 3.05) is 6.54 Å². The normalized spacial score (nSPS) is 11.8. The van der Waals surface area contributed by atoms with Crippen molar-refractivity contribution >= 4 is 17.5 Å². The van der Waals surface area contributed by atoms with Gasteiger partial charge >= 0.3 is 0 Å². The molecule has 0 unspecified atom stereocenters. The summed E-state index contributed by atoms with van der Waals surface area (Å²) in [6.45, 7) is 2.09. The van der Waals surface area contributed by atoms with Crippen molar-refractivity contribution in [1.82, 2.24) is 5.32 Å². The maximum Gasteiger partial charge on any atom is 0.254 e. The quantitative estimate of drug-likeness (QED) is 0.915. The third-order valence-corrected chi connectivity index (χ3v) is 3.07. The second-order valence-electron chi connectivity index (χ2n) is 4.57. The monoisotopic (exact) mass is 307 g/mol. The van der Waals surface area contributed by atoms with Gasteiger partial charge in [0, 0.05) is 5.02 Å². The number of hydrogen-bond acceptors (Lipinski definition) is 2. The molecule has 5 heteroatoms. The minimum Gasteiger partial charge on any atom is -0.489 e. The Balaban J connectivity index is 1.86. The van der Waals surface area contributed by atoms with Crippen molar-refractivity contribution in [3.8, 4) is 5.75 Å². The first-order valence-corrected chi connectivity index (χ1v) is 6.89. The average molecular weight is 308 g/mol. The number of nitrogens with one attached hydrogen (secondary N) is 1. The predicted molar refractivity (Wildman–Crippen MR) is 80.3 cm³/mol. The number of carbonyl (C=O) groups is 1. The van der Waals surface area contributed by atoms with Crippen LogP contribution in [0.25, 0.3) is 0 Å². The summed E-state index contributed by atoms with van der Waals surface area (Å²) in [4.78, 5) is 11.8. The molecule has 0 saturated heterocycles. The van der Waals surface area contributed by atoms with Gasteiger partial charge in [0.05, 0.1) is 12.1 Å². The fourth-order valence-electron chi connectivity index (χ4n) is 1.76. The van der Waals surface area contributed by atoms with Crippen molar-refractivity contribution < 1.29 is 13.9 Å². The number of halogens is 2. The molecule has 0 bridgehead atoms. The van der Waals surface area contributed by atoms with Crippen LogP contribution in [0.5, 0.6) is 5.75 Å². The summed E-state index contributed by atoms with van der Waals surface area (Å²) >= 11 is 5.79. The highest BCUT2D eigenvalue weighted by Gasteiger charge is 2.12. The summed E-state index contributed by atoms with van der Waals surface area (Å²) in [5, 5.41) is 3.27. The second kappa shape index (κ2) is 7.09. The first kappa shape index (κ1) is 15.3.